The molecule has 1 rings (SSSR count). The Balaban J connectivity index is 2.75. The summed E-state index contributed by atoms with van der Waals surface area (Å²) in [6.07, 6.45) is -0.545. The fourth-order valence-corrected chi connectivity index (χ4v) is 2.16. The highest BCUT2D eigenvalue weighted by Crippen LogP contribution is 2.30. The van der Waals surface area contributed by atoms with E-state index >= 15 is 0 Å². The monoisotopic (exact) mass is 344 g/mol. The third-order valence-electron chi connectivity index (χ3n) is 2.76. The standard InChI is InChI=1S/C14H21BrN2O3/c1-10(14(18)16-2)20-13-11(5-4-6-12(13)15)9-17-7-8-19-3/h4-6,10,17H,7-9H2,1-3H3,(H,16,18). The maximum absolute atomic E-state index is 11.6. The summed E-state index contributed by atoms with van der Waals surface area (Å²) in [5.41, 5.74) is 0.992. The zero-order chi connectivity index (χ0) is 15.0. The lowest BCUT2D eigenvalue weighted by Gasteiger charge is -2.18. The molecule has 0 aliphatic rings. The molecule has 1 aromatic rings. The Hall–Kier alpha value is -1.11. The molecule has 6 heteroatoms. The minimum Gasteiger partial charge on any atom is -0.479 e. The number of hydrogen-bond donors (Lipinski definition) is 2. The summed E-state index contributed by atoms with van der Waals surface area (Å²) in [4.78, 5) is 11.6. The zero-order valence-electron chi connectivity index (χ0n) is 12.0. The molecule has 2 N–H and O–H groups in total. The van der Waals surface area contributed by atoms with Gasteiger partial charge >= 0.3 is 0 Å². The number of carbonyl (C=O) groups excluding carboxylic acids is 1. The second-order valence-electron chi connectivity index (χ2n) is 4.27. The molecule has 1 amide bonds. The van der Waals surface area contributed by atoms with Gasteiger partial charge < -0.3 is 20.1 Å². The van der Waals surface area contributed by atoms with Gasteiger partial charge in [0, 0.05) is 32.8 Å². The molecule has 0 saturated heterocycles. The third-order valence-corrected chi connectivity index (χ3v) is 3.38. The molecular weight excluding hydrogens is 324 g/mol. The molecule has 0 saturated carbocycles. The van der Waals surface area contributed by atoms with Gasteiger partial charge in [0.25, 0.3) is 5.91 Å². The van der Waals surface area contributed by atoms with E-state index in [2.05, 4.69) is 26.6 Å². The highest BCUT2D eigenvalue weighted by atomic mass is 79.9. The van der Waals surface area contributed by atoms with E-state index in [0.29, 0.717) is 18.9 Å². The Labute approximate surface area is 128 Å². The van der Waals surface area contributed by atoms with Crippen LogP contribution in [0.5, 0.6) is 5.75 Å². The smallest absolute Gasteiger partial charge is 0.260 e. The van der Waals surface area contributed by atoms with Crippen molar-refractivity contribution in [1.82, 2.24) is 10.6 Å². The lowest BCUT2D eigenvalue weighted by molar-refractivity contribution is -0.126. The Bertz CT molecular complexity index is 440. The van der Waals surface area contributed by atoms with Crippen LogP contribution < -0.4 is 15.4 Å². The first-order valence-electron chi connectivity index (χ1n) is 6.45. The van der Waals surface area contributed by atoms with Crippen LogP contribution in [0.4, 0.5) is 0 Å². The molecule has 0 heterocycles. The average molecular weight is 345 g/mol. The van der Waals surface area contributed by atoms with E-state index in [1.165, 1.54) is 0 Å². The first-order valence-corrected chi connectivity index (χ1v) is 7.24. The van der Waals surface area contributed by atoms with E-state index in [9.17, 15) is 4.79 Å². The number of nitrogens with one attached hydrogen (secondary N) is 2. The molecule has 1 atom stereocenters. The predicted molar refractivity (Wildman–Crippen MR) is 81.9 cm³/mol. The molecule has 0 spiro atoms. The summed E-state index contributed by atoms with van der Waals surface area (Å²) in [5.74, 6) is 0.535. The number of ether oxygens (including phenoxy) is 2. The molecule has 20 heavy (non-hydrogen) atoms. The number of carbonyl (C=O) groups is 1. The first-order chi connectivity index (χ1) is 9.60. The quantitative estimate of drug-likeness (QED) is 0.704. The van der Waals surface area contributed by atoms with Crippen molar-refractivity contribution < 1.29 is 14.3 Å². The molecule has 0 aliphatic carbocycles. The molecule has 0 fully saturated rings. The summed E-state index contributed by atoms with van der Waals surface area (Å²) >= 11 is 3.46. The van der Waals surface area contributed by atoms with Crippen molar-refractivity contribution in [2.24, 2.45) is 0 Å². The summed E-state index contributed by atoms with van der Waals surface area (Å²) in [6, 6.07) is 5.80. The third kappa shape index (κ3) is 5.11. The normalized spacial score (nSPS) is 12.0. The van der Waals surface area contributed by atoms with Crippen molar-refractivity contribution >= 4 is 21.8 Å². The van der Waals surface area contributed by atoms with Crippen molar-refractivity contribution in [2.75, 3.05) is 27.3 Å². The van der Waals surface area contributed by atoms with Crippen molar-refractivity contribution in [1.29, 1.82) is 0 Å². The maximum atomic E-state index is 11.6. The van der Waals surface area contributed by atoms with E-state index in [4.69, 9.17) is 9.47 Å². The van der Waals surface area contributed by atoms with Crippen LogP contribution in [0, 0.1) is 0 Å². The van der Waals surface area contributed by atoms with Crippen LogP contribution in [0.15, 0.2) is 22.7 Å². The molecule has 0 bridgehead atoms. The highest BCUT2D eigenvalue weighted by molar-refractivity contribution is 9.10. The largest absolute Gasteiger partial charge is 0.479 e. The molecule has 1 aromatic carbocycles. The number of methoxy groups -OCH3 is 1. The second kappa shape index (κ2) is 8.94. The van der Waals surface area contributed by atoms with Crippen LogP contribution in [0.3, 0.4) is 0 Å². The van der Waals surface area contributed by atoms with Crippen LogP contribution in [-0.4, -0.2) is 39.3 Å². The minimum absolute atomic E-state index is 0.154. The van der Waals surface area contributed by atoms with E-state index < -0.39 is 6.10 Å². The summed E-state index contributed by atoms with van der Waals surface area (Å²) < 4.78 is 11.6. The predicted octanol–water partition coefficient (Wildman–Crippen LogP) is 1.70. The molecular formula is C14H21BrN2O3. The summed E-state index contributed by atoms with van der Waals surface area (Å²) in [5, 5.41) is 5.83. The van der Waals surface area contributed by atoms with Crippen LogP contribution in [0.25, 0.3) is 0 Å². The number of benzene rings is 1. The van der Waals surface area contributed by atoms with Crippen LogP contribution in [-0.2, 0) is 16.1 Å². The van der Waals surface area contributed by atoms with Crippen LogP contribution in [0.2, 0.25) is 0 Å². The number of amides is 1. The van der Waals surface area contributed by atoms with Gasteiger partial charge in [-0.05, 0) is 28.9 Å². The fraction of sp³-hybridized carbons (Fsp3) is 0.500. The average Bonchev–Trinajstić information content (AvgIpc) is 2.45. The van der Waals surface area contributed by atoms with Gasteiger partial charge in [0.2, 0.25) is 0 Å². The van der Waals surface area contributed by atoms with Gasteiger partial charge in [-0.25, -0.2) is 0 Å². The number of likely N-dealkylation sites (N-methyl/N-ethyl adjacent to an activating group) is 1. The summed E-state index contributed by atoms with van der Waals surface area (Å²) in [7, 11) is 3.26. The Kier molecular flexibility index (Phi) is 7.58. The number of rotatable bonds is 8. The maximum Gasteiger partial charge on any atom is 0.260 e. The lowest BCUT2D eigenvalue weighted by Crippen LogP contribution is -2.34. The van der Waals surface area contributed by atoms with Crippen molar-refractivity contribution in [2.45, 2.75) is 19.6 Å². The Morgan fingerprint density at radius 3 is 2.85 bits per heavy atom. The number of hydrogen-bond acceptors (Lipinski definition) is 4. The van der Waals surface area contributed by atoms with Gasteiger partial charge in [0.1, 0.15) is 5.75 Å². The Morgan fingerprint density at radius 1 is 1.45 bits per heavy atom. The first kappa shape index (κ1) is 16.9. The van der Waals surface area contributed by atoms with E-state index in [0.717, 1.165) is 16.6 Å². The van der Waals surface area contributed by atoms with Crippen molar-refractivity contribution in [3.8, 4) is 5.75 Å². The topological polar surface area (TPSA) is 59.6 Å². The van der Waals surface area contributed by atoms with Gasteiger partial charge in [-0.3, -0.25) is 4.79 Å². The van der Waals surface area contributed by atoms with Gasteiger partial charge in [-0.15, -0.1) is 0 Å². The highest BCUT2D eigenvalue weighted by Gasteiger charge is 2.16. The Morgan fingerprint density at radius 2 is 2.20 bits per heavy atom. The van der Waals surface area contributed by atoms with Crippen LogP contribution >= 0.6 is 15.9 Å². The van der Waals surface area contributed by atoms with Gasteiger partial charge in [0.15, 0.2) is 6.10 Å². The van der Waals surface area contributed by atoms with Gasteiger partial charge in [-0.2, -0.15) is 0 Å². The molecule has 112 valence electrons. The van der Waals surface area contributed by atoms with Gasteiger partial charge in [-0.1, -0.05) is 12.1 Å². The molecule has 5 nitrogen and oxygen atoms in total. The van der Waals surface area contributed by atoms with E-state index in [1.54, 1.807) is 21.1 Å². The second-order valence-corrected chi connectivity index (χ2v) is 5.13. The van der Waals surface area contributed by atoms with Crippen molar-refractivity contribution in [3.63, 3.8) is 0 Å². The molecule has 0 radical (unpaired) electrons. The molecule has 0 aliphatic heterocycles. The lowest BCUT2D eigenvalue weighted by atomic mass is 10.2. The molecule has 1 unspecified atom stereocenters. The number of para-hydroxylation sites is 1. The minimum atomic E-state index is -0.545. The fourth-order valence-electron chi connectivity index (χ4n) is 1.66. The SMILES string of the molecule is CNC(=O)C(C)Oc1c(Br)cccc1CNCCOC. The van der Waals surface area contributed by atoms with Crippen LogP contribution in [0.1, 0.15) is 12.5 Å². The zero-order valence-corrected chi connectivity index (χ0v) is 13.6. The van der Waals surface area contributed by atoms with E-state index in [1.807, 2.05) is 18.2 Å². The van der Waals surface area contributed by atoms with Crippen molar-refractivity contribution in [3.05, 3.63) is 28.2 Å². The molecule has 0 aromatic heterocycles. The summed E-state index contributed by atoms with van der Waals surface area (Å²) in [6.45, 7) is 3.78. The number of halogens is 1. The van der Waals surface area contributed by atoms with Gasteiger partial charge in [0.05, 0.1) is 11.1 Å². The van der Waals surface area contributed by atoms with E-state index in [-0.39, 0.29) is 5.91 Å².